The summed E-state index contributed by atoms with van der Waals surface area (Å²) in [4.78, 5) is 14.5. The fourth-order valence-electron chi connectivity index (χ4n) is 3.18. The number of nitrogens with zero attached hydrogens (tertiary/aromatic N) is 2. The molecule has 5 heteroatoms. The summed E-state index contributed by atoms with van der Waals surface area (Å²) in [5.74, 6) is 0.285. The molecule has 0 spiro atoms. The fraction of sp³-hybridized carbons (Fsp3) is 0.333. The number of nitrogens with one attached hydrogen (secondary N) is 1. The zero-order chi connectivity index (χ0) is 18.4. The molecule has 5 nitrogen and oxygen atoms in total. The van der Waals surface area contributed by atoms with Crippen LogP contribution in [0.15, 0.2) is 48.5 Å². The molecule has 0 aliphatic carbocycles. The van der Waals surface area contributed by atoms with Gasteiger partial charge in [-0.2, -0.15) is 5.26 Å². The Morgan fingerprint density at radius 3 is 2.35 bits per heavy atom. The average molecular weight is 349 g/mol. The highest BCUT2D eigenvalue weighted by Gasteiger charge is 2.18. The van der Waals surface area contributed by atoms with Crippen molar-refractivity contribution in [2.24, 2.45) is 5.92 Å². The van der Waals surface area contributed by atoms with Crippen molar-refractivity contribution in [3.8, 4) is 6.07 Å². The third kappa shape index (κ3) is 4.41. The standard InChI is InChI=1S/C21H23N3O2/c22-13-16-1-5-19(6-2-16)21(26)23-14-17-3-7-20(8-4-17)24-11-9-18(15-25)10-12-24/h1-8,18,25H,9-12,14-15H2,(H,23,26). The highest BCUT2D eigenvalue weighted by molar-refractivity contribution is 5.94. The number of hydrogen-bond acceptors (Lipinski definition) is 4. The summed E-state index contributed by atoms with van der Waals surface area (Å²) < 4.78 is 0. The van der Waals surface area contributed by atoms with Crippen LogP contribution in [0.25, 0.3) is 0 Å². The summed E-state index contributed by atoms with van der Waals surface area (Å²) in [6.45, 7) is 2.69. The lowest BCUT2D eigenvalue weighted by molar-refractivity contribution is 0.0951. The molecule has 3 rings (SSSR count). The summed E-state index contributed by atoms with van der Waals surface area (Å²) in [6.07, 6.45) is 2.05. The first-order valence-electron chi connectivity index (χ1n) is 8.92. The lowest BCUT2D eigenvalue weighted by Crippen LogP contribution is -2.34. The molecule has 134 valence electrons. The minimum Gasteiger partial charge on any atom is -0.396 e. The number of piperidine rings is 1. The quantitative estimate of drug-likeness (QED) is 0.870. The maximum absolute atomic E-state index is 12.2. The molecule has 2 aromatic rings. The topological polar surface area (TPSA) is 76.4 Å². The van der Waals surface area contributed by atoms with Crippen molar-refractivity contribution in [3.05, 3.63) is 65.2 Å². The molecule has 0 radical (unpaired) electrons. The number of nitriles is 1. The maximum Gasteiger partial charge on any atom is 0.251 e. The smallest absolute Gasteiger partial charge is 0.251 e. The molecule has 1 aliphatic heterocycles. The van der Waals surface area contributed by atoms with E-state index in [9.17, 15) is 9.90 Å². The minimum absolute atomic E-state index is 0.148. The molecule has 1 saturated heterocycles. The molecule has 0 unspecified atom stereocenters. The van der Waals surface area contributed by atoms with Crippen LogP contribution in [0.5, 0.6) is 0 Å². The van der Waals surface area contributed by atoms with E-state index in [0.717, 1.165) is 31.5 Å². The summed E-state index contributed by atoms with van der Waals surface area (Å²) in [7, 11) is 0. The van der Waals surface area contributed by atoms with Crippen LogP contribution in [0.1, 0.15) is 34.3 Å². The molecule has 1 heterocycles. The Bertz CT molecular complexity index is 770. The van der Waals surface area contributed by atoms with Crippen LogP contribution in [0.3, 0.4) is 0 Å². The molecule has 1 amide bonds. The van der Waals surface area contributed by atoms with E-state index < -0.39 is 0 Å². The van der Waals surface area contributed by atoms with Crippen LogP contribution in [0.4, 0.5) is 5.69 Å². The van der Waals surface area contributed by atoms with Crippen molar-refractivity contribution in [1.82, 2.24) is 5.32 Å². The van der Waals surface area contributed by atoms with E-state index in [1.165, 1.54) is 5.69 Å². The molecule has 0 aromatic heterocycles. The number of anilines is 1. The zero-order valence-corrected chi connectivity index (χ0v) is 14.7. The number of carbonyl (C=O) groups is 1. The van der Waals surface area contributed by atoms with E-state index >= 15 is 0 Å². The third-order valence-electron chi connectivity index (χ3n) is 4.90. The molecular weight excluding hydrogens is 326 g/mol. The van der Waals surface area contributed by atoms with Crippen molar-refractivity contribution < 1.29 is 9.90 Å². The summed E-state index contributed by atoms with van der Waals surface area (Å²) >= 11 is 0. The highest BCUT2D eigenvalue weighted by Crippen LogP contribution is 2.23. The number of carbonyl (C=O) groups excluding carboxylic acids is 1. The predicted molar refractivity (Wildman–Crippen MR) is 101 cm³/mol. The van der Waals surface area contributed by atoms with Gasteiger partial charge in [-0.15, -0.1) is 0 Å². The Labute approximate surface area is 153 Å². The maximum atomic E-state index is 12.2. The molecule has 0 atom stereocenters. The van der Waals surface area contributed by atoms with Gasteiger partial charge in [0, 0.05) is 37.5 Å². The molecule has 2 N–H and O–H groups in total. The minimum atomic E-state index is -0.148. The van der Waals surface area contributed by atoms with Gasteiger partial charge >= 0.3 is 0 Å². The fourth-order valence-corrected chi connectivity index (χ4v) is 3.18. The van der Waals surface area contributed by atoms with Crippen molar-refractivity contribution in [1.29, 1.82) is 5.26 Å². The second-order valence-corrected chi connectivity index (χ2v) is 6.65. The first-order chi connectivity index (χ1) is 12.7. The normalized spacial score (nSPS) is 14.7. The SMILES string of the molecule is N#Cc1ccc(C(=O)NCc2ccc(N3CCC(CO)CC3)cc2)cc1. The number of hydrogen-bond donors (Lipinski definition) is 2. The largest absolute Gasteiger partial charge is 0.396 e. The third-order valence-corrected chi connectivity index (χ3v) is 4.90. The van der Waals surface area contributed by atoms with Crippen molar-refractivity contribution in [2.75, 3.05) is 24.6 Å². The second-order valence-electron chi connectivity index (χ2n) is 6.65. The van der Waals surface area contributed by atoms with Gasteiger partial charge in [0.05, 0.1) is 11.6 Å². The molecule has 1 aliphatic rings. The van der Waals surface area contributed by atoms with Crippen molar-refractivity contribution in [3.63, 3.8) is 0 Å². The second kappa shape index (κ2) is 8.50. The Balaban J connectivity index is 1.52. The molecule has 26 heavy (non-hydrogen) atoms. The van der Waals surface area contributed by atoms with Gasteiger partial charge in [0.2, 0.25) is 0 Å². The van der Waals surface area contributed by atoms with Crippen molar-refractivity contribution in [2.45, 2.75) is 19.4 Å². The van der Waals surface area contributed by atoms with Crippen LogP contribution in [0.2, 0.25) is 0 Å². The number of benzene rings is 2. The zero-order valence-electron chi connectivity index (χ0n) is 14.7. The lowest BCUT2D eigenvalue weighted by Gasteiger charge is -2.33. The molecule has 2 aromatic carbocycles. The summed E-state index contributed by atoms with van der Waals surface area (Å²) in [5, 5.41) is 20.9. The van der Waals surface area contributed by atoms with E-state index in [1.807, 2.05) is 18.2 Å². The van der Waals surface area contributed by atoms with Crippen LogP contribution in [0, 0.1) is 17.2 Å². The van der Waals surface area contributed by atoms with Gasteiger partial charge < -0.3 is 15.3 Å². The van der Waals surface area contributed by atoms with E-state index in [-0.39, 0.29) is 12.5 Å². The van der Waals surface area contributed by atoms with E-state index in [1.54, 1.807) is 24.3 Å². The van der Waals surface area contributed by atoms with Crippen LogP contribution in [-0.2, 0) is 6.54 Å². The Morgan fingerprint density at radius 2 is 1.77 bits per heavy atom. The van der Waals surface area contributed by atoms with E-state index in [4.69, 9.17) is 5.26 Å². The van der Waals surface area contributed by atoms with Crippen LogP contribution < -0.4 is 10.2 Å². The van der Waals surface area contributed by atoms with Crippen molar-refractivity contribution >= 4 is 11.6 Å². The molecule has 0 saturated carbocycles. The van der Waals surface area contributed by atoms with Crippen LogP contribution in [-0.4, -0.2) is 30.7 Å². The van der Waals surface area contributed by atoms with Gasteiger partial charge in [0.1, 0.15) is 0 Å². The van der Waals surface area contributed by atoms with Gasteiger partial charge in [-0.3, -0.25) is 4.79 Å². The highest BCUT2D eigenvalue weighted by atomic mass is 16.3. The van der Waals surface area contributed by atoms with Gasteiger partial charge in [0.15, 0.2) is 0 Å². The van der Waals surface area contributed by atoms with Crippen LogP contribution >= 0.6 is 0 Å². The van der Waals surface area contributed by atoms with Gasteiger partial charge in [-0.25, -0.2) is 0 Å². The van der Waals surface area contributed by atoms with Gasteiger partial charge in [0.25, 0.3) is 5.91 Å². The number of amides is 1. The Hall–Kier alpha value is -2.84. The van der Waals surface area contributed by atoms with Gasteiger partial charge in [-0.1, -0.05) is 12.1 Å². The lowest BCUT2D eigenvalue weighted by atomic mass is 9.97. The number of aliphatic hydroxyl groups is 1. The Morgan fingerprint density at radius 1 is 1.12 bits per heavy atom. The number of rotatable bonds is 5. The monoisotopic (exact) mass is 349 g/mol. The Kier molecular flexibility index (Phi) is 5.88. The predicted octanol–water partition coefficient (Wildman–Crippen LogP) is 2.70. The number of aliphatic hydroxyl groups excluding tert-OH is 1. The molecule has 0 bridgehead atoms. The molecular formula is C21H23N3O2. The van der Waals surface area contributed by atoms with E-state index in [0.29, 0.717) is 23.6 Å². The van der Waals surface area contributed by atoms with E-state index in [2.05, 4.69) is 22.3 Å². The summed E-state index contributed by atoms with van der Waals surface area (Å²) in [6, 6.07) is 16.9. The first-order valence-corrected chi connectivity index (χ1v) is 8.92. The van der Waals surface area contributed by atoms with Gasteiger partial charge in [-0.05, 0) is 60.7 Å². The molecule has 1 fully saturated rings. The first kappa shape index (κ1) is 18.0. The average Bonchev–Trinajstić information content (AvgIpc) is 2.72. The summed E-state index contributed by atoms with van der Waals surface area (Å²) in [5.41, 5.74) is 3.32.